The summed E-state index contributed by atoms with van der Waals surface area (Å²) in [6.45, 7) is 0. The van der Waals surface area contributed by atoms with Gasteiger partial charge in [-0.15, -0.1) is 0 Å². The van der Waals surface area contributed by atoms with E-state index in [1.807, 2.05) is 0 Å². The van der Waals surface area contributed by atoms with Crippen molar-refractivity contribution in [1.82, 2.24) is 5.32 Å². The fraction of sp³-hybridized carbons (Fsp3) is 0.667. The van der Waals surface area contributed by atoms with Gasteiger partial charge in [-0.1, -0.05) is 0 Å². The summed E-state index contributed by atoms with van der Waals surface area (Å²) in [6, 6.07) is 0. The highest BCUT2D eigenvalue weighted by molar-refractivity contribution is 6.06. The average Bonchev–Trinajstić information content (AvgIpc) is 2.34. The second-order valence-corrected chi connectivity index (χ2v) is 1.97. The molecule has 1 rings (SSSR count). The third kappa shape index (κ3) is 1.28. The average molecular weight is 125 g/mol. The van der Waals surface area contributed by atoms with E-state index in [4.69, 9.17) is 0 Å². The molecule has 9 heavy (non-hydrogen) atoms. The molecular weight excluding hydrogens is 114 g/mol. The minimum absolute atomic E-state index is 1.02. The summed E-state index contributed by atoms with van der Waals surface area (Å²) in [5.74, 6) is 2.10. The highest BCUT2D eigenvalue weighted by Gasteiger charge is 2.11. The molecule has 1 aliphatic heterocycles. The first-order chi connectivity index (χ1) is 4.36. The molecule has 1 heterocycles. The van der Waals surface area contributed by atoms with Crippen molar-refractivity contribution in [1.29, 1.82) is 0 Å². The molecule has 0 bridgehead atoms. The largest absolute Gasteiger partial charge is 0.333 e. The molecule has 0 spiro atoms. The number of hydrogen-bond acceptors (Lipinski definition) is 2. The molecule has 0 aromatic rings. The van der Waals surface area contributed by atoms with Crippen LogP contribution in [0.4, 0.5) is 0 Å². The van der Waals surface area contributed by atoms with E-state index in [0.717, 1.165) is 24.5 Å². The van der Waals surface area contributed by atoms with E-state index in [1.165, 1.54) is 0 Å². The Balaban J connectivity index is 2.57. The van der Waals surface area contributed by atoms with Crippen molar-refractivity contribution >= 4 is 11.7 Å². The van der Waals surface area contributed by atoms with Crippen LogP contribution in [0.5, 0.6) is 0 Å². The SMILES string of the molecule is CN=C1CCC(=NC)N1. The van der Waals surface area contributed by atoms with E-state index in [9.17, 15) is 0 Å². The molecule has 0 amide bonds. The Labute approximate surface area is 54.9 Å². The van der Waals surface area contributed by atoms with Crippen molar-refractivity contribution in [3.05, 3.63) is 0 Å². The van der Waals surface area contributed by atoms with Gasteiger partial charge in [0.15, 0.2) is 0 Å². The summed E-state index contributed by atoms with van der Waals surface area (Å²) in [5, 5.41) is 3.09. The molecule has 0 atom stereocenters. The minimum Gasteiger partial charge on any atom is -0.333 e. The number of rotatable bonds is 0. The first kappa shape index (κ1) is 6.26. The maximum absolute atomic E-state index is 4.01. The molecule has 0 aromatic carbocycles. The van der Waals surface area contributed by atoms with Gasteiger partial charge >= 0.3 is 0 Å². The zero-order valence-electron chi connectivity index (χ0n) is 5.81. The van der Waals surface area contributed by atoms with E-state index in [2.05, 4.69) is 15.3 Å². The second kappa shape index (κ2) is 2.62. The molecule has 1 fully saturated rings. The van der Waals surface area contributed by atoms with Crippen molar-refractivity contribution in [2.24, 2.45) is 9.98 Å². The predicted octanol–water partition coefficient (Wildman–Crippen LogP) is 0.426. The van der Waals surface area contributed by atoms with Gasteiger partial charge in [0.1, 0.15) is 11.7 Å². The van der Waals surface area contributed by atoms with Crippen LogP contribution in [0.3, 0.4) is 0 Å². The lowest BCUT2D eigenvalue weighted by atomic mass is 10.3. The molecule has 3 heteroatoms. The van der Waals surface area contributed by atoms with Gasteiger partial charge in [0.05, 0.1) is 0 Å². The second-order valence-electron chi connectivity index (χ2n) is 1.97. The molecule has 0 radical (unpaired) electrons. The van der Waals surface area contributed by atoms with Gasteiger partial charge in [0, 0.05) is 26.9 Å². The summed E-state index contributed by atoms with van der Waals surface area (Å²) in [4.78, 5) is 8.02. The smallest absolute Gasteiger partial charge is 0.102 e. The fourth-order valence-corrected chi connectivity index (χ4v) is 0.864. The van der Waals surface area contributed by atoms with Crippen LogP contribution in [0.25, 0.3) is 0 Å². The standard InChI is InChI=1S/C6H11N3/c1-7-5-3-4-6(8-2)9-5/h3-4H2,1-2H3,(H,7,8,9). The van der Waals surface area contributed by atoms with E-state index < -0.39 is 0 Å². The molecule has 0 unspecified atom stereocenters. The van der Waals surface area contributed by atoms with Crippen molar-refractivity contribution in [2.75, 3.05) is 14.1 Å². The van der Waals surface area contributed by atoms with E-state index in [1.54, 1.807) is 14.1 Å². The van der Waals surface area contributed by atoms with E-state index in [-0.39, 0.29) is 0 Å². The van der Waals surface area contributed by atoms with E-state index >= 15 is 0 Å². The minimum atomic E-state index is 1.02. The zero-order chi connectivity index (χ0) is 6.69. The predicted molar refractivity (Wildman–Crippen MR) is 39.1 cm³/mol. The van der Waals surface area contributed by atoms with Crippen LogP contribution < -0.4 is 5.32 Å². The molecule has 0 saturated carbocycles. The summed E-state index contributed by atoms with van der Waals surface area (Å²) < 4.78 is 0. The Morgan fingerprint density at radius 1 is 1.11 bits per heavy atom. The van der Waals surface area contributed by atoms with Crippen LogP contribution in [0, 0.1) is 0 Å². The molecule has 0 aromatic heterocycles. The molecule has 1 saturated heterocycles. The lowest BCUT2D eigenvalue weighted by Gasteiger charge is -1.93. The Morgan fingerprint density at radius 3 is 1.78 bits per heavy atom. The number of nitrogens with zero attached hydrogens (tertiary/aromatic N) is 2. The van der Waals surface area contributed by atoms with Gasteiger partial charge in [-0.05, 0) is 0 Å². The first-order valence-electron chi connectivity index (χ1n) is 3.05. The fourth-order valence-electron chi connectivity index (χ4n) is 0.864. The molecular formula is C6H11N3. The van der Waals surface area contributed by atoms with Gasteiger partial charge in [0.2, 0.25) is 0 Å². The monoisotopic (exact) mass is 125 g/mol. The van der Waals surface area contributed by atoms with Crippen molar-refractivity contribution < 1.29 is 0 Å². The lowest BCUT2D eigenvalue weighted by molar-refractivity contribution is 1.17. The van der Waals surface area contributed by atoms with Gasteiger partial charge in [-0.3, -0.25) is 9.98 Å². The Hall–Kier alpha value is -0.860. The normalized spacial score (nSPS) is 27.3. The lowest BCUT2D eigenvalue weighted by Crippen LogP contribution is -2.19. The quantitative estimate of drug-likeness (QED) is 0.500. The number of aliphatic imine (C=N–C) groups is 2. The van der Waals surface area contributed by atoms with Gasteiger partial charge in [-0.2, -0.15) is 0 Å². The molecule has 3 nitrogen and oxygen atoms in total. The topological polar surface area (TPSA) is 36.8 Å². The van der Waals surface area contributed by atoms with Crippen LogP contribution in [-0.4, -0.2) is 25.8 Å². The summed E-state index contributed by atoms with van der Waals surface area (Å²) in [5.41, 5.74) is 0. The van der Waals surface area contributed by atoms with Crippen molar-refractivity contribution in [3.8, 4) is 0 Å². The van der Waals surface area contributed by atoms with Crippen LogP contribution in [0.2, 0.25) is 0 Å². The van der Waals surface area contributed by atoms with Crippen LogP contribution in [0.15, 0.2) is 9.98 Å². The molecule has 1 aliphatic rings. The molecule has 50 valence electrons. The molecule has 0 aliphatic carbocycles. The Kier molecular flexibility index (Phi) is 1.82. The van der Waals surface area contributed by atoms with E-state index in [0.29, 0.717) is 0 Å². The number of hydrogen-bond donors (Lipinski definition) is 1. The third-order valence-electron chi connectivity index (χ3n) is 1.43. The summed E-state index contributed by atoms with van der Waals surface area (Å²) in [6.07, 6.45) is 2.03. The zero-order valence-corrected chi connectivity index (χ0v) is 5.81. The van der Waals surface area contributed by atoms with Crippen molar-refractivity contribution in [3.63, 3.8) is 0 Å². The number of amidine groups is 2. The third-order valence-corrected chi connectivity index (χ3v) is 1.43. The highest BCUT2D eigenvalue weighted by Crippen LogP contribution is 2.00. The van der Waals surface area contributed by atoms with Gasteiger partial charge in [-0.25, -0.2) is 0 Å². The van der Waals surface area contributed by atoms with Gasteiger partial charge < -0.3 is 5.32 Å². The van der Waals surface area contributed by atoms with Crippen LogP contribution in [0.1, 0.15) is 12.8 Å². The summed E-state index contributed by atoms with van der Waals surface area (Å²) >= 11 is 0. The Bertz CT molecular complexity index is 140. The van der Waals surface area contributed by atoms with Crippen molar-refractivity contribution in [2.45, 2.75) is 12.8 Å². The van der Waals surface area contributed by atoms with Crippen LogP contribution >= 0.6 is 0 Å². The molecule has 1 N–H and O–H groups in total. The van der Waals surface area contributed by atoms with Crippen LogP contribution in [-0.2, 0) is 0 Å². The maximum Gasteiger partial charge on any atom is 0.102 e. The Morgan fingerprint density at radius 2 is 1.56 bits per heavy atom. The highest BCUT2D eigenvalue weighted by atomic mass is 15.1. The van der Waals surface area contributed by atoms with Gasteiger partial charge in [0.25, 0.3) is 0 Å². The first-order valence-corrected chi connectivity index (χ1v) is 3.05. The number of nitrogens with one attached hydrogen (secondary N) is 1. The summed E-state index contributed by atoms with van der Waals surface area (Å²) in [7, 11) is 3.59. The maximum atomic E-state index is 4.01.